The molecule has 0 saturated carbocycles. The van der Waals surface area contributed by atoms with E-state index in [2.05, 4.69) is 20.9 Å². The molecule has 0 aliphatic heterocycles. The van der Waals surface area contributed by atoms with Gasteiger partial charge in [0.25, 0.3) is 0 Å². The fourth-order valence-corrected chi connectivity index (χ4v) is 3.85. The number of nitrogens with zero attached hydrogens (tertiary/aromatic N) is 2. The molecule has 3 aromatic rings. The summed E-state index contributed by atoms with van der Waals surface area (Å²) in [6, 6.07) is 14.6. The van der Waals surface area contributed by atoms with Crippen molar-refractivity contribution in [2.24, 2.45) is 0 Å². The van der Waals surface area contributed by atoms with E-state index in [1.165, 1.54) is 0 Å². The van der Waals surface area contributed by atoms with Crippen molar-refractivity contribution in [2.75, 3.05) is 39.9 Å². The maximum absolute atomic E-state index is 13.1. The first-order valence-electron chi connectivity index (χ1n) is 9.82. The van der Waals surface area contributed by atoms with Gasteiger partial charge in [0.05, 0.1) is 39.5 Å². The minimum Gasteiger partial charge on any atom is -0.496 e. The number of ether oxygens (including phenoxy) is 4. The Morgan fingerprint density at radius 3 is 2.12 bits per heavy atom. The summed E-state index contributed by atoms with van der Waals surface area (Å²) in [6.07, 6.45) is 1.70. The first-order chi connectivity index (χ1) is 15.5. The Kier molecular flexibility index (Phi) is 7.94. The number of pyridine rings is 1. The van der Waals surface area contributed by atoms with Gasteiger partial charge in [-0.3, -0.25) is 4.79 Å². The van der Waals surface area contributed by atoms with Crippen LogP contribution >= 0.6 is 15.9 Å². The summed E-state index contributed by atoms with van der Waals surface area (Å²) in [7, 11) is 6.29. The van der Waals surface area contributed by atoms with E-state index in [1.54, 1.807) is 52.8 Å². The van der Waals surface area contributed by atoms with E-state index in [1.807, 2.05) is 35.2 Å². The van der Waals surface area contributed by atoms with Crippen LogP contribution in [-0.4, -0.2) is 45.8 Å². The van der Waals surface area contributed by atoms with Crippen LogP contribution < -0.4 is 23.8 Å². The molecule has 1 heterocycles. The van der Waals surface area contributed by atoms with Gasteiger partial charge >= 0.3 is 0 Å². The Hall–Kier alpha value is -3.26. The highest BCUT2D eigenvalue weighted by Gasteiger charge is 2.19. The number of anilines is 1. The monoisotopic (exact) mass is 500 g/mol. The molecule has 0 spiro atoms. The van der Waals surface area contributed by atoms with E-state index in [9.17, 15) is 4.79 Å². The van der Waals surface area contributed by atoms with Gasteiger partial charge in [-0.2, -0.15) is 0 Å². The fraction of sp³-hybridized carbons (Fsp3) is 0.250. The number of methoxy groups -OCH3 is 4. The summed E-state index contributed by atoms with van der Waals surface area (Å²) in [5.41, 5.74) is 1.46. The van der Waals surface area contributed by atoms with Crippen LogP contribution in [-0.2, 0) is 6.54 Å². The number of carbonyl (C=O) groups is 1. The standard InChI is InChI=1S/C24H25BrN2O5/c1-29-20-9-8-17(13-18(20)25)19(28)15-27(23-7-5-6-10-26-23)14-16-11-21(30-2)24(32-4)22(12-16)31-3/h5-13H,14-15H2,1-4H3. The molecule has 8 heteroatoms. The number of hydrogen-bond acceptors (Lipinski definition) is 7. The van der Waals surface area contributed by atoms with Crippen LogP contribution in [0.15, 0.2) is 59.2 Å². The quantitative estimate of drug-likeness (QED) is 0.371. The summed E-state index contributed by atoms with van der Waals surface area (Å²) in [6.45, 7) is 0.545. The van der Waals surface area contributed by atoms with Crippen LogP contribution in [0.2, 0.25) is 0 Å². The number of Topliss-reactive ketones (excluding diaryl/α,β-unsaturated/α-hetero) is 1. The number of rotatable bonds is 10. The first-order valence-corrected chi connectivity index (χ1v) is 10.6. The van der Waals surface area contributed by atoms with E-state index < -0.39 is 0 Å². The van der Waals surface area contributed by atoms with Crippen LogP contribution in [0, 0.1) is 0 Å². The number of halogens is 1. The average molecular weight is 501 g/mol. The van der Waals surface area contributed by atoms with Gasteiger partial charge in [-0.15, -0.1) is 0 Å². The molecule has 0 amide bonds. The van der Waals surface area contributed by atoms with Crippen LogP contribution in [0.25, 0.3) is 0 Å². The molecule has 3 rings (SSSR count). The lowest BCUT2D eigenvalue weighted by Crippen LogP contribution is -2.30. The number of carbonyl (C=O) groups excluding carboxylic acids is 1. The molecular weight excluding hydrogens is 476 g/mol. The third kappa shape index (κ3) is 5.31. The SMILES string of the molecule is COc1ccc(C(=O)CN(Cc2cc(OC)c(OC)c(OC)c2)c2ccccn2)cc1Br. The van der Waals surface area contributed by atoms with Gasteiger partial charge in [0, 0.05) is 18.3 Å². The number of aromatic nitrogens is 1. The van der Waals surface area contributed by atoms with Gasteiger partial charge in [0.15, 0.2) is 17.3 Å². The molecule has 32 heavy (non-hydrogen) atoms. The second-order valence-electron chi connectivity index (χ2n) is 6.85. The molecule has 168 valence electrons. The molecule has 0 saturated heterocycles. The Labute approximate surface area is 196 Å². The van der Waals surface area contributed by atoms with E-state index in [4.69, 9.17) is 18.9 Å². The number of ketones is 1. The van der Waals surface area contributed by atoms with Crippen molar-refractivity contribution < 1.29 is 23.7 Å². The van der Waals surface area contributed by atoms with Gasteiger partial charge in [0.1, 0.15) is 11.6 Å². The van der Waals surface area contributed by atoms with Gasteiger partial charge in [0.2, 0.25) is 5.75 Å². The van der Waals surface area contributed by atoms with Crippen LogP contribution in [0.1, 0.15) is 15.9 Å². The Morgan fingerprint density at radius 1 is 0.906 bits per heavy atom. The van der Waals surface area contributed by atoms with Crippen molar-refractivity contribution in [3.05, 3.63) is 70.3 Å². The summed E-state index contributed by atoms with van der Waals surface area (Å²) in [5.74, 6) is 2.91. The minimum atomic E-state index is -0.0496. The molecule has 2 aromatic carbocycles. The lowest BCUT2D eigenvalue weighted by molar-refractivity contribution is 0.0998. The number of hydrogen-bond donors (Lipinski definition) is 0. The van der Waals surface area contributed by atoms with Crippen molar-refractivity contribution in [2.45, 2.75) is 6.54 Å². The predicted molar refractivity (Wildman–Crippen MR) is 126 cm³/mol. The van der Waals surface area contributed by atoms with Crippen molar-refractivity contribution in [1.29, 1.82) is 0 Å². The number of benzene rings is 2. The topological polar surface area (TPSA) is 70.1 Å². The summed E-state index contributed by atoms with van der Waals surface area (Å²) < 4.78 is 22.3. The van der Waals surface area contributed by atoms with Gasteiger partial charge in [-0.1, -0.05) is 6.07 Å². The van der Waals surface area contributed by atoms with E-state index in [0.717, 1.165) is 10.0 Å². The molecule has 0 atom stereocenters. The molecule has 0 fully saturated rings. The first kappa shape index (κ1) is 23.4. The van der Waals surface area contributed by atoms with Gasteiger partial charge in [-0.25, -0.2) is 4.98 Å². The van der Waals surface area contributed by atoms with E-state index in [-0.39, 0.29) is 12.3 Å². The summed E-state index contributed by atoms with van der Waals surface area (Å²) in [4.78, 5) is 19.5. The maximum atomic E-state index is 13.1. The van der Waals surface area contributed by atoms with Crippen molar-refractivity contribution >= 4 is 27.5 Å². The molecule has 0 aliphatic carbocycles. The molecule has 0 bridgehead atoms. The summed E-state index contributed by atoms with van der Waals surface area (Å²) >= 11 is 3.44. The zero-order valence-corrected chi connectivity index (χ0v) is 20.0. The largest absolute Gasteiger partial charge is 0.496 e. The second-order valence-corrected chi connectivity index (χ2v) is 7.70. The fourth-order valence-electron chi connectivity index (χ4n) is 3.31. The van der Waals surface area contributed by atoms with E-state index >= 15 is 0 Å². The highest BCUT2D eigenvalue weighted by molar-refractivity contribution is 9.10. The predicted octanol–water partition coefficient (Wildman–Crippen LogP) is 4.77. The zero-order valence-electron chi connectivity index (χ0n) is 18.4. The lowest BCUT2D eigenvalue weighted by Gasteiger charge is -2.24. The minimum absolute atomic E-state index is 0.0496. The van der Waals surface area contributed by atoms with Gasteiger partial charge < -0.3 is 23.8 Å². The summed E-state index contributed by atoms with van der Waals surface area (Å²) in [5, 5.41) is 0. The van der Waals surface area contributed by atoms with Crippen LogP contribution in [0.3, 0.4) is 0 Å². The maximum Gasteiger partial charge on any atom is 0.203 e. The normalized spacial score (nSPS) is 10.4. The Morgan fingerprint density at radius 2 is 1.59 bits per heavy atom. The Bertz CT molecular complexity index is 1050. The molecule has 0 radical (unpaired) electrons. The van der Waals surface area contributed by atoms with E-state index in [0.29, 0.717) is 40.9 Å². The van der Waals surface area contributed by atoms with Crippen LogP contribution in [0.5, 0.6) is 23.0 Å². The van der Waals surface area contributed by atoms with Crippen molar-refractivity contribution in [3.63, 3.8) is 0 Å². The molecule has 1 aromatic heterocycles. The molecule has 0 aliphatic rings. The third-order valence-corrected chi connectivity index (χ3v) is 5.50. The highest BCUT2D eigenvalue weighted by Crippen LogP contribution is 2.38. The van der Waals surface area contributed by atoms with Gasteiger partial charge in [-0.05, 0) is 64.0 Å². The van der Waals surface area contributed by atoms with Crippen molar-refractivity contribution in [3.8, 4) is 23.0 Å². The molecule has 7 nitrogen and oxygen atoms in total. The second kappa shape index (κ2) is 10.9. The smallest absolute Gasteiger partial charge is 0.203 e. The highest BCUT2D eigenvalue weighted by atomic mass is 79.9. The molecule has 0 unspecified atom stereocenters. The average Bonchev–Trinajstić information content (AvgIpc) is 2.83. The molecule has 0 N–H and O–H groups in total. The van der Waals surface area contributed by atoms with Crippen LogP contribution in [0.4, 0.5) is 5.82 Å². The molecular formula is C24H25BrN2O5. The lowest BCUT2D eigenvalue weighted by atomic mass is 10.1. The Balaban J connectivity index is 1.92. The zero-order chi connectivity index (χ0) is 23.1. The van der Waals surface area contributed by atoms with Crippen molar-refractivity contribution in [1.82, 2.24) is 4.98 Å². The third-order valence-electron chi connectivity index (χ3n) is 4.88.